The first-order valence-corrected chi connectivity index (χ1v) is 9.63. The highest BCUT2D eigenvalue weighted by Crippen LogP contribution is 2.28. The minimum absolute atomic E-state index is 0.0482. The molecule has 2 rings (SSSR count). The molecule has 2 atom stereocenters. The highest BCUT2D eigenvalue weighted by atomic mass is 32.2. The molecule has 0 radical (unpaired) electrons. The maximum Gasteiger partial charge on any atom is 0.150 e. The van der Waals surface area contributed by atoms with Crippen molar-refractivity contribution in [3.05, 3.63) is 57.8 Å². The Hall–Kier alpha value is -1.38. The maximum atomic E-state index is 12.5. The van der Waals surface area contributed by atoms with E-state index in [2.05, 4.69) is 4.72 Å². The number of nitrogens with one attached hydrogen (secondary N) is 3. The van der Waals surface area contributed by atoms with Crippen LogP contribution in [-0.2, 0) is 17.8 Å². The molecule has 1 aromatic carbocycles. The van der Waals surface area contributed by atoms with Crippen molar-refractivity contribution in [2.24, 2.45) is 0 Å². The largest absolute Gasteiger partial charge is 0.598 e. The molecule has 1 unspecified atom stereocenters. The summed E-state index contributed by atoms with van der Waals surface area (Å²) in [6, 6.07) is 11.7. The second-order valence-corrected chi connectivity index (χ2v) is 9.41. The molecule has 0 fully saturated rings. The molecule has 4 N–H and O–H groups in total. The molecule has 130 valence electrons. The number of amidine groups is 1. The van der Waals surface area contributed by atoms with Crippen LogP contribution in [0.5, 0.6) is 0 Å². The van der Waals surface area contributed by atoms with Gasteiger partial charge in [0.15, 0.2) is 0 Å². The monoisotopic (exact) mass is 365 g/mol. The molecular weight excluding hydrogens is 342 g/mol. The van der Waals surface area contributed by atoms with Crippen LogP contribution in [0, 0.1) is 5.41 Å². The van der Waals surface area contributed by atoms with E-state index in [1.54, 1.807) is 5.38 Å². The van der Waals surface area contributed by atoms with Gasteiger partial charge in [-0.1, -0.05) is 30.3 Å². The first-order chi connectivity index (χ1) is 11.3. The summed E-state index contributed by atoms with van der Waals surface area (Å²) in [5, 5.41) is 18.4. The van der Waals surface area contributed by atoms with E-state index in [4.69, 9.17) is 10.6 Å². The van der Waals surface area contributed by atoms with Crippen LogP contribution in [0.25, 0.3) is 0 Å². The predicted molar refractivity (Wildman–Crippen MR) is 100.0 cm³/mol. The molecule has 5 nitrogen and oxygen atoms in total. The van der Waals surface area contributed by atoms with Crippen LogP contribution in [0.15, 0.2) is 41.8 Å². The van der Waals surface area contributed by atoms with Gasteiger partial charge in [-0.2, -0.15) is 0 Å². The molecule has 1 aromatic heterocycles. The van der Waals surface area contributed by atoms with Crippen molar-refractivity contribution >= 4 is 28.5 Å². The summed E-state index contributed by atoms with van der Waals surface area (Å²) >= 11 is 0.278. The molecule has 0 bridgehead atoms. The average Bonchev–Trinajstić information content (AvgIpc) is 3.03. The van der Waals surface area contributed by atoms with E-state index in [1.165, 1.54) is 11.3 Å². The van der Waals surface area contributed by atoms with Crippen molar-refractivity contribution in [1.29, 1.82) is 5.41 Å². The molecule has 0 amide bonds. The van der Waals surface area contributed by atoms with Gasteiger partial charge in [0.1, 0.15) is 10.6 Å². The minimum Gasteiger partial charge on any atom is -0.598 e. The van der Waals surface area contributed by atoms with Crippen molar-refractivity contribution in [2.45, 2.75) is 38.0 Å². The fraction of sp³-hybridized carbons (Fsp3) is 0.353. The molecule has 24 heavy (non-hydrogen) atoms. The third-order valence-electron chi connectivity index (χ3n) is 3.45. The van der Waals surface area contributed by atoms with E-state index >= 15 is 0 Å². The van der Waals surface area contributed by atoms with Crippen LogP contribution in [0.1, 0.15) is 42.8 Å². The zero-order chi connectivity index (χ0) is 17.7. The average molecular weight is 366 g/mol. The number of benzene rings is 1. The molecule has 0 aliphatic carbocycles. The Morgan fingerprint density at radius 2 is 2.00 bits per heavy atom. The third kappa shape index (κ3) is 5.06. The van der Waals surface area contributed by atoms with E-state index in [0.717, 1.165) is 10.4 Å². The van der Waals surface area contributed by atoms with E-state index < -0.39 is 11.4 Å². The molecule has 7 heteroatoms. The first kappa shape index (κ1) is 19.0. The van der Waals surface area contributed by atoms with E-state index in [1.807, 2.05) is 62.6 Å². The van der Waals surface area contributed by atoms with Crippen LogP contribution in [0.2, 0.25) is 0 Å². The maximum absolute atomic E-state index is 12.5. The Kier molecular flexibility index (Phi) is 6.42. The van der Waals surface area contributed by atoms with Crippen LogP contribution >= 0.6 is 11.3 Å². The first-order valence-electron chi connectivity index (χ1n) is 7.60. The lowest BCUT2D eigenvalue weighted by atomic mass is 10.1. The van der Waals surface area contributed by atoms with E-state index in [0.29, 0.717) is 12.0 Å². The van der Waals surface area contributed by atoms with Gasteiger partial charge in [-0.3, -0.25) is 16.1 Å². The van der Waals surface area contributed by atoms with Crippen molar-refractivity contribution in [3.63, 3.8) is 0 Å². The third-order valence-corrected chi connectivity index (χ3v) is 6.11. The number of hydroxylamine groups is 1. The van der Waals surface area contributed by atoms with Crippen LogP contribution in [0.4, 0.5) is 0 Å². The molecule has 0 saturated heterocycles. The van der Waals surface area contributed by atoms with Gasteiger partial charge in [-0.25, -0.2) is 0 Å². The molecule has 0 saturated carbocycles. The summed E-state index contributed by atoms with van der Waals surface area (Å²) in [6.07, 6.45) is 0.697. The quantitative estimate of drug-likeness (QED) is 0.273. The summed E-state index contributed by atoms with van der Waals surface area (Å²) < 4.78 is 15.4. The molecule has 0 aliphatic heterocycles. The summed E-state index contributed by atoms with van der Waals surface area (Å²) in [5.74, 6) is -0.0482. The summed E-state index contributed by atoms with van der Waals surface area (Å²) in [7, 11) is 0. The Balaban J connectivity index is 2.24. The highest BCUT2D eigenvalue weighted by molar-refractivity contribution is 7.90. The molecule has 0 spiro atoms. The van der Waals surface area contributed by atoms with Crippen molar-refractivity contribution < 1.29 is 9.76 Å². The zero-order valence-corrected chi connectivity index (χ0v) is 15.6. The second-order valence-electron chi connectivity index (χ2n) is 6.47. The van der Waals surface area contributed by atoms with Gasteiger partial charge < -0.3 is 4.55 Å². The van der Waals surface area contributed by atoms with Gasteiger partial charge in [0.25, 0.3) is 0 Å². The lowest BCUT2D eigenvalue weighted by Crippen LogP contribution is -2.41. The van der Waals surface area contributed by atoms with Gasteiger partial charge >= 0.3 is 0 Å². The van der Waals surface area contributed by atoms with Crippen LogP contribution < -0.4 is 10.2 Å². The Labute approximate surface area is 149 Å². The van der Waals surface area contributed by atoms with E-state index in [-0.39, 0.29) is 16.6 Å². The lowest BCUT2D eigenvalue weighted by molar-refractivity contribution is 0.234. The highest BCUT2D eigenvalue weighted by Gasteiger charge is 2.30. The number of hydrogen-bond acceptors (Lipinski definition) is 5. The SMILES string of the molecule is CC(C)(C)[S@+]([O-])NC(Cc1ccccc1)c1cc(C(=N)NO)cs1. The Bertz CT molecular complexity index is 668. The smallest absolute Gasteiger partial charge is 0.150 e. The fourth-order valence-corrected chi connectivity index (χ4v) is 3.93. The topological polar surface area (TPSA) is 91.2 Å². The lowest BCUT2D eigenvalue weighted by Gasteiger charge is -2.27. The summed E-state index contributed by atoms with van der Waals surface area (Å²) in [5.41, 5.74) is 3.61. The Morgan fingerprint density at radius 3 is 2.58 bits per heavy atom. The number of rotatable bonds is 6. The Morgan fingerprint density at radius 1 is 1.33 bits per heavy atom. The van der Waals surface area contributed by atoms with Gasteiger partial charge in [-0.15, -0.1) is 16.1 Å². The molecule has 1 heterocycles. The fourth-order valence-electron chi connectivity index (χ4n) is 2.09. The van der Waals surface area contributed by atoms with Gasteiger partial charge in [0, 0.05) is 27.2 Å². The minimum atomic E-state index is -1.21. The van der Waals surface area contributed by atoms with Crippen molar-refractivity contribution in [1.82, 2.24) is 10.2 Å². The van der Waals surface area contributed by atoms with Crippen molar-refractivity contribution in [2.75, 3.05) is 0 Å². The van der Waals surface area contributed by atoms with Gasteiger partial charge in [-0.05, 0) is 38.8 Å². The molecular formula is C17H23N3O2S2. The number of thiophene rings is 1. The van der Waals surface area contributed by atoms with Crippen molar-refractivity contribution in [3.8, 4) is 0 Å². The van der Waals surface area contributed by atoms with Gasteiger partial charge in [0.2, 0.25) is 0 Å². The number of hydrogen-bond donors (Lipinski definition) is 4. The van der Waals surface area contributed by atoms with Gasteiger partial charge in [0.05, 0.1) is 6.04 Å². The predicted octanol–water partition coefficient (Wildman–Crippen LogP) is 3.39. The molecule has 0 aliphatic rings. The normalized spacial score (nSPS) is 14.2. The summed E-state index contributed by atoms with van der Waals surface area (Å²) in [6.45, 7) is 5.79. The van der Waals surface area contributed by atoms with Crippen LogP contribution in [-0.4, -0.2) is 20.3 Å². The molecule has 2 aromatic rings. The van der Waals surface area contributed by atoms with Crippen LogP contribution in [0.3, 0.4) is 0 Å². The zero-order valence-electron chi connectivity index (χ0n) is 14.0. The summed E-state index contributed by atoms with van der Waals surface area (Å²) in [4.78, 5) is 0.978. The second kappa shape index (κ2) is 8.13. The standard InChI is InChI=1S/C17H23N3O2S2/c1-17(2,3)24(22)20-14(9-12-7-5-4-6-8-12)15-10-13(11-23-15)16(18)19-21/h4-8,10-11,14,20-21H,9H2,1-3H3,(H2,18,19)/t14?,24-/m0/s1. The van der Waals surface area contributed by atoms with E-state index in [9.17, 15) is 4.55 Å².